The van der Waals surface area contributed by atoms with Gasteiger partial charge in [-0.15, -0.1) is 0 Å². The summed E-state index contributed by atoms with van der Waals surface area (Å²) in [7, 11) is 0. The van der Waals surface area contributed by atoms with Crippen molar-refractivity contribution in [3.8, 4) is 11.5 Å². The molecule has 132 valence electrons. The number of ether oxygens (including phenoxy) is 2. The number of hydrogen-bond donors (Lipinski definition) is 0. The minimum absolute atomic E-state index is 0.238. The third-order valence-corrected chi connectivity index (χ3v) is 4.61. The standard InChI is InChI=1S/C24H24O2/c1-23(2)13-11-19-15-17(7-9-21(19)25-23)5-6-18-8-10-22-20(16-18)12-14-24(3,4)26-22/h5-16H,1-4H3/b6-5+. The molecular formula is C24H24O2. The lowest BCUT2D eigenvalue weighted by atomic mass is 9.99. The Labute approximate surface area is 155 Å². The van der Waals surface area contributed by atoms with Crippen molar-refractivity contribution in [3.63, 3.8) is 0 Å². The Morgan fingerprint density at radius 1 is 0.654 bits per heavy atom. The van der Waals surface area contributed by atoms with Gasteiger partial charge in [-0.05, 0) is 75.2 Å². The highest BCUT2D eigenvalue weighted by Gasteiger charge is 2.22. The smallest absolute Gasteiger partial charge is 0.127 e. The van der Waals surface area contributed by atoms with E-state index in [1.165, 1.54) is 0 Å². The van der Waals surface area contributed by atoms with Crippen LogP contribution in [0.25, 0.3) is 24.3 Å². The van der Waals surface area contributed by atoms with Crippen molar-refractivity contribution in [3.05, 3.63) is 70.8 Å². The van der Waals surface area contributed by atoms with Crippen LogP contribution in [-0.2, 0) is 0 Å². The molecular weight excluding hydrogens is 320 g/mol. The lowest BCUT2D eigenvalue weighted by molar-refractivity contribution is 0.158. The Morgan fingerprint density at radius 3 is 1.50 bits per heavy atom. The first-order chi connectivity index (χ1) is 12.3. The molecule has 0 radical (unpaired) electrons. The number of hydrogen-bond acceptors (Lipinski definition) is 2. The molecule has 2 aliphatic heterocycles. The van der Waals surface area contributed by atoms with E-state index >= 15 is 0 Å². The molecule has 0 unspecified atom stereocenters. The second-order valence-electron chi connectivity index (χ2n) is 8.01. The molecule has 0 amide bonds. The zero-order valence-corrected chi connectivity index (χ0v) is 15.7. The van der Waals surface area contributed by atoms with Gasteiger partial charge >= 0.3 is 0 Å². The summed E-state index contributed by atoms with van der Waals surface area (Å²) in [6.07, 6.45) is 12.7. The second-order valence-corrected chi connectivity index (χ2v) is 8.01. The van der Waals surface area contributed by atoms with Crippen LogP contribution in [0, 0.1) is 0 Å². The second kappa shape index (κ2) is 5.91. The Hall–Kier alpha value is -2.74. The fourth-order valence-electron chi connectivity index (χ4n) is 3.20. The van der Waals surface area contributed by atoms with E-state index in [9.17, 15) is 0 Å². The van der Waals surface area contributed by atoms with Crippen LogP contribution in [0.3, 0.4) is 0 Å². The molecule has 2 aromatic carbocycles. The van der Waals surface area contributed by atoms with Gasteiger partial charge < -0.3 is 9.47 Å². The van der Waals surface area contributed by atoms with Crippen molar-refractivity contribution >= 4 is 24.3 Å². The molecule has 0 spiro atoms. The van der Waals surface area contributed by atoms with Crippen LogP contribution in [0.1, 0.15) is 49.9 Å². The Bertz CT molecular complexity index is 865. The van der Waals surface area contributed by atoms with Gasteiger partial charge in [-0.2, -0.15) is 0 Å². The molecule has 4 rings (SSSR count). The molecule has 2 aromatic rings. The summed E-state index contributed by atoms with van der Waals surface area (Å²) in [6, 6.07) is 12.6. The van der Waals surface area contributed by atoms with Crippen molar-refractivity contribution in [2.24, 2.45) is 0 Å². The molecule has 2 heteroatoms. The van der Waals surface area contributed by atoms with Crippen molar-refractivity contribution in [2.45, 2.75) is 38.9 Å². The van der Waals surface area contributed by atoms with Crippen molar-refractivity contribution in [1.29, 1.82) is 0 Å². The van der Waals surface area contributed by atoms with Gasteiger partial charge in [0.15, 0.2) is 0 Å². The zero-order valence-electron chi connectivity index (χ0n) is 15.7. The van der Waals surface area contributed by atoms with Gasteiger partial charge in [-0.3, -0.25) is 0 Å². The van der Waals surface area contributed by atoms with Crippen molar-refractivity contribution in [1.82, 2.24) is 0 Å². The van der Waals surface area contributed by atoms with Crippen molar-refractivity contribution < 1.29 is 9.47 Å². The van der Waals surface area contributed by atoms with E-state index in [1.807, 2.05) is 12.1 Å². The van der Waals surface area contributed by atoms with Crippen LogP contribution >= 0.6 is 0 Å². The molecule has 2 heterocycles. The summed E-state index contributed by atoms with van der Waals surface area (Å²) < 4.78 is 12.0. The maximum absolute atomic E-state index is 5.98. The Morgan fingerprint density at radius 2 is 1.08 bits per heavy atom. The third kappa shape index (κ3) is 3.45. The van der Waals surface area contributed by atoms with Crippen LogP contribution in [0.15, 0.2) is 48.6 Å². The first-order valence-corrected chi connectivity index (χ1v) is 9.02. The average Bonchev–Trinajstić information content (AvgIpc) is 2.58. The summed E-state index contributed by atoms with van der Waals surface area (Å²) >= 11 is 0. The third-order valence-electron chi connectivity index (χ3n) is 4.61. The summed E-state index contributed by atoms with van der Waals surface area (Å²) in [6.45, 7) is 8.26. The fourth-order valence-corrected chi connectivity index (χ4v) is 3.20. The van der Waals surface area contributed by atoms with E-state index in [1.54, 1.807) is 0 Å². The number of rotatable bonds is 2. The van der Waals surface area contributed by atoms with Gasteiger partial charge in [0.25, 0.3) is 0 Å². The van der Waals surface area contributed by atoms with Gasteiger partial charge in [0.2, 0.25) is 0 Å². The normalized spacial score (nSPS) is 18.8. The monoisotopic (exact) mass is 344 g/mol. The predicted octanol–water partition coefficient (Wildman–Crippen LogP) is 6.23. The lowest BCUT2D eigenvalue weighted by Gasteiger charge is -2.28. The van der Waals surface area contributed by atoms with Gasteiger partial charge in [0.05, 0.1) is 0 Å². The molecule has 0 N–H and O–H groups in total. The van der Waals surface area contributed by atoms with E-state index in [2.05, 4.69) is 88.4 Å². The minimum atomic E-state index is -0.238. The molecule has 0 saturated heterocycles. The first-order valence-electron chi connectivity index (χ1n) is 9.02. The molecule has 0 fully saturated rings. The largest absolute Gasteiger partial charge is 0.483 e. The van der Waals surface area contributed by atoms with Crippen LogP contribution in [-0.4, -0.2) is 11.2 Å². The van der Waals surface area contributed by atoms with Crippen LogP contribution in [0.2, 0.25) is 0 Å². The summed E-state index contributed by atoms with van der Waals surface area (Å²) in [5.74, 6) is 1.88. The Kier molecular flexibility index (Phi) is 3.80. The molecule has 0 atom stereocenters. The van der Waals surface area contributed by atoms with Crippen LogP contribution in [0.5, 0.6) is 11.5 Å². The average molecular weight is 344 g/mol. The highest BCUT2D eigenvalue weighted by molar-refractivity contribution is 5.75. The summed E-state index contributed by atoms with van der Waals surface area (Å²) in [4.78, 5) is 0. The quantitative estimate of drug-likeness (QED) is 0.602. The van der Waals surface area contributed by atoms with Crippen LogP contribution < -0.4 is 9.47 Å². The van der Waals surface area contributed by atoms with Crippen molar-refractivity contribution in [2.75, 3.05) is 0 Å². The molecule has 0 saturated carbocycles. The maximum Gasteiger partial charge on any atom is 0.127 e. The highest BCUT2D eigenvalue weighted by Crippen LogP contribution is 2.33. The maximum atomic E-state index is 5.98. The first kappa shape index (κ1) is 16.7. The van der Waals surface area contributed by atoms with E-state index in [0.29, 0.717) is 0 Å². The van der Waals surface area contributed by atoms with E-state index in [0.717, 1.165) is 33.8 Å². The zero-order chi connectivity index (χ0) is 18.4. The van der Waals surface area contributed by atoms with Crippen LogP contribution in [0.4, 0.5) is 0 Å². The highest BCUT2D eigenvalue weighted by atomic mass is 16.5. The summed E-state index contributed by atoms with van der Waals surface area (Å²) in [5, 5.41) is 0. The molecule has 0 aliphatic carbocycles. The van der Waals surface area contributed by atoms with Gasteiger partial charge in [0.1, 0.15) is 22.7 Å². The summed E-state index contributed by atoms with van der Waals surface area (Å²) in [5.41, 5.74) is 4.07. The molecule has 0 aromatic heterocycles. The number of benzene rings is 2. The Balaban J connectivity index is 1.56. The van der Waals surface area contributed by atoms with Gasteiger partial charge in [-0.1, -0.05) is 36.4 Å². The number of fused-ring (bicyclic) bond motifs is 2. The molecule has 26 heavy (non-hydrogen) atoms. The molecule has 2 nitrogen and oxygen atoms in total. The topological polar surface area (TPSA) is 18.5 Å². The lowest BCUT2D eigenvalue weighted by Crippen LogP contribution is -2.27. The minimum Gasteiger partial charge on any atom is -0.483 e. The molecule has 0 bridgehead atoms. The van der Waals surface area contributed by atoms with E-state index in [-0.39, 0.29) is 11.2 Å². The van der Waals surface area contributed by atoms with E-state index < -0.39 is 0 Å². The van der Waals surface area contributed by atoms with Gasteiger partial charge in [0, 0.05) is 11.1 Å². The molecule has 2 aliphatic rings. The predicted molar refractivity (Wildman–Crippen MR) is 109 cm³/mol. The SMILES string of the molecule is CC1(C)C=Cc2cc(/C=C/c3ccc4c(c3)C=CC(C)(C)O4)ccc2O1. The van der Waals surface area contributed by atoms with Gasteiger partial charge in [-0.25, -0.2) is 0 Å². The fraction of sp³-hybridized carbons (Fsp3) is 0.250. The van der Waals surface area contributed by atoms with E-state index in [4.69, 9.17) is 9.47 Å².